The number of amides is 1. The zero-order valence-electron chi connectivity index (χ0n) is 16.9. The lowest BCUT2D eigenvalue weighted by molar-refractivity contribution is 0.0950. The molecule has 1 fully saturated rings. The summed E-state index contributed by atoms with van der Waals surface area (Å²) >= 11 is 0. The lowest BCUT2D eigenvalue weighted by Gasteiger charge is -2.22. The van der Waals surface area contributed by atoms with Crippen molar-refractivity contribution in [2.75, 3.05) is 7.11 Å². The van der Waals surface area contributed by atoms with Gasteiger partial charge >= 0.3 is 0 Å². The van der Waals surface area contributed by atoms with Crippen LogP contribution in [0.4, 0.5) is 0 Å². The fourth-order valence-electron chi connectivity index (χ4n) is 3.58. The number of hydrogen-bond acceptors (Lipinski definition) is 4. The Morgan fingerprint density at radius 2 is 1.86 bits per heavy atom. The Morgan fingerprint density at radius 1 is 1.10 bits per heavy atom. The standard InChI is InChI=1S/C22H28N2O4S/c1-16-11-12-20(29(26,27)24-18-8-4-3-5-9-18)14-21(16)22(25)23-15-17-7-6-10-19(13-17)28-2/h6-7,10-14,18,24H,3-5,8-9,15H2,1-2H3,(H,23,25). The first-order valence-electron chi connectivity index (χ1n) is 9.93. The van der Waals surface area contributed by atoms with Gasteiger partial charge in [0.05, 0.1) is 12.0 Å². The molecule has 0 saturated heterocycles. The molecule has 0 spiro atoms. The highest BCUT2D eigenvalue weighted by Crippen LogP contribution is 2.21. The molecule has 1 aliphatic rings. The van der Waals surface area contributed by atoms with E-state index in [1.165, 1.54) is 6.07 Å². The molecule has 0 radical (unpaired) electrons. The van der Waals surface area contributed by atoms with Crippen molar-refractivity contribution in [1.29, 1.82) is 0 Å². The van der Waals surface area contributed by atoms with Gasteiger partial charge in [0.2, 0.25) is 10.0 Å². The summed E-state index contributed by atoms with van der Waals surface area (Å²) in [4.78, 5) is 12.8. The second kappa shape index (κ2) is 9.41. The molecule has 0 aromatic heterocycles. The number of ether oxygens (including phenoxy) is 1. The van der Waals surface area contributed by atoms with Crippen LogP contribution in [-0.2, 0) is 16.6 Å². The van der Waals surface area contributed by atoms with Crippen LogP contribution in [0.3, 0.4) is 0 Å². The van der Waals surface area contributed by atoms with Crippen molar-refractivity contribution in [3.8, 4) is 5.75 Å². The van der Waals surface area contributed by atoms with Crippen LogP contribution in [0, 0.1) is 6.92 Å². The van der Waals surface area contributed by atoms with Crippen molar-refractivity contribution in [3.05, 3.63) is 59.2 Å². The predicted molar refractivity (Wildman–Crippen MR) is 113 cm³/mol. The minimum absolute atomic E-state index is 0.0274. The highest BCUT2D eigenvalue weighted by atomic mass is 32.2. The Morgan fingerprint density at radius 3 is 2.59 bits per heavy atom. The summed E-state index contributed by atoms with van der Waals surface area (Å²) in [7, 11) is -2.06. The maximum Gasteiger partial charge on any atom is 0.251 e. The number of hydrogen-bond donors (Lipinski definition) is 2. The zero-order valence-corrected chi connectivity index (χ0v) is 17.7. The topological polar surface area (TPSA) is 84.5 Å². The molecule has 0 heterocycles. The Kier molecular flexibility index (Phi) is 6.92. The van der Waals surface area contributed by atoms with Gasteiger partial charge in [0.25, 0.3) is 5.91 Å². The maximum atomic E-state index is 12.8. The SMILES string of the molecule is COc1cccc(CNC(=O)c2cc(S(=O)(=O)NC3CCCCC3)ccc2C)c1. The molecule has 1 aliphatic carbocycles. The monoisotopic (exact) mass is 416 g/mol. The van der Waals surface area contributed by atoms with E-state index in [2.05, 4.69) is 10.0 Å². The lowest BCUT2D eigenvalue weighted by Crippen LogP contribution is -2.36. The van der Waals surface area contributed by atoms with Crippen LogP contribution in [0.5, 0.6) is 5.75 Å². The van der Waals surface area contributed by atoms with E-state index in [9.17, 15) is 13.2 Å². The molecule has 0 aliphatic heterocycles. The van der Waals surface area contributed by atoms with E-state index in [0.717, 1.165) is 49.0 Å². The Bertz CT molecular complexity index is 967. The molecule has 1 saturated carbocycles. The fourth-order valence-corrected chi connectivity index (χ4v) is 4.91. The number of carbonyl (C=O) groups excluding carboxylic acids is 1. The smallest absolute Gasteiger partial charge is 0.251 e. The summed E-state index contributed by atoms with van der Waals surface area (Å²) in [6, 6.07) is 12.1. The number of carbonyl (C=O) groups is 1. The largest absolute Gasteiger partial charge is 0.497 e. The van der Waals surface area contributed by atoms with E-state index in [4.69, 9.17) is 4.74 Å². The van der Waals surface area contributed by atoms with Gasteiger partial charge in [0.1, 0.15) is 5.75 Å². The molecule has 0 unspecified atom stereocenters. The summed E-state index contributed by atoms with van der Waals surface area (Å²) < 4.78 is 33.5. The molecule has 7 heteroatoms. The van der Waals surface area contributed by atoms with Crippen LogP contribution in [0.2, 0.25) is 0 Å². The van der Waals surface area contributed by atoms with Gasteiger partial charge in [0.15, 0.2) is 0 Å². The number of benzene rings is 2. The second-order valence-electron chi connectivity index (χ2n) is 7.47. The Balaban J connectivity index is 1.72. The number of aryl methyl sites for hydroxylation is 1. The zero-order chi connectivity index (χ0) is 20.9. The van der Waals surface area contributed by atoms with E-state index in [0.29, 0.717) is 12.1 Å². The molecule has 2 aromatic rings. The van der Waals surface area contributed by atoms with E-state index in [1.807, 2.05) is 24.3 Å². The summed E-state index contributed by atoms with van der Waals surface area (Å²) in [6.07, 6.45) is 4.95. The molecule has 0 bridgehead atoms. The van der Waals surface area contributed by atoms with Crippen molar-refractivity contribution in [3.63, 3.8) is 0 Å². The first-order chi connectivity index (χ1) is 13.9. The van der Waals surface area contributed by atoms with Gasteiger partial charge in [-0.3, -0.25) is 4.79 Å². The minimum Gasteiger partial charge on any atom is -0.497 e. The second-order valence-corrected chi connectivity index (χ2v) is 9.18. The van der Waals surface area contributed by atoms with Crippen molar-refractivity contribution < 1.29 is 17.9 Å². The third-order valence-electron chi connectivity index (χ3n) is 5.28. The van der Waals surface area contributed by atoms with Crippen LogP contribution >= 0.6 is 0 Å². The van der Waals surface area contributed by atoms with E-state index >= 15 is 0 Å². The quantitative estimate of drug-likeness (QED) is 0.723. The van der Waals surface area contributed by atoms with Crippen molar-refractivity contribution in [2.24, 2.45) is 0 Å². The fraction of sp³-hybridized carbons (Fsp3) is 0.409. The number of methoxy groups -OCH3 is 1. The molecule has 2 aromatic carbocycles. The van der Waals surface area contributed by atoms with Crippen molar-refractivity contribution in [2.45, 2.75) is 56.5 Å². The van der Waals surface area contributed by atoms with Gasteiger partial charge < -0.3 is 10.1 Å². The Hall–Kier alpha value is -2.38. The van der Waals surface area contributed by atoms with E-state index in [-0.39, 0.29) is 16.8 Å². The molecule has 156 valence electrons. The molecule has 1 amide bonds. The molecule has 0 atom stereocenters. The third kappa shape index (κ3) is 5.58. The van der Waals surface area contributed by atoms with Gasteiger partial charge in [-0.25, -0.2) is 13.1 Å². The number of rotatable bonds is 7. The van der Waals surface area contributed by atoms with Crippen LogP contribution in [0.1, 0.15) is 53.6 Å². The van der Waals surface area contributed by atoms with Crippen LogP contribution < -0.4 is 14.8 Å². The summed E-state index contributed by atoms with van der Waals surface area (Å²) in [5.41, 5.74) is 1.99. The van der Waals surface area contributed by atoms with Gasteiger partial charge in [-0.1, -0.05) is 37.5 Å². The summed E-state index contributed by atoms with van der Waals surface area (Å²) in [6.45, 7) is 2.12. The normalized spacial score (nSPS) is 15.1. The third-order valence-corrected chi connectivity index (χ3v) is 6.80. The number of sulfonamides is 1. The summed E-state index contributed by atoms with van der Waals surface area (Å²) in [5, 5.41) is 2.86. The first kappa shape index (κ1) is 21.3. The van der Waals surface area contributed by atoms with Gasteiger partial charge in [-0.05, 0) is 55.2 Å². The molecule has 6 nitrogen and oxygen atoms in total. The van der Waals surface area contributed by atoms with Crippen molar-refractivity contribution in [1.82, 2.24) is 10.0 Å². The molecule has 2 N–H and O–H groups in total. The van der Waals surface area contributed by atoms with Crippen LogP contribution in [0.25, 0.3) is 0 Å². The minimum atomic E-state index is -3.66. The average molecular weight is 417 g/mol. The van der Waals surface area contributed by atoms with Crippen LogP contribution in [0.15, 0.2) is 47.4 Å². The lowest BCUT2D eigenvalue weighted by atomic mass is 9.96. The highest BCUT2D eigenvalue weighted by molar-refractivity contribution is 7.89. The molecular formula is C22H28N2O4S. The number of nitrogens with one attached hydrogen (secondary N) is 2. The van der Waals surface area contributed by atoms with Gasteiger partial charge in [-0.15, -0.1) is 0 Å². The molecular weight excluding hydrogens is 388 g/mol. The van der Waals surface area contributed by atoms with E-state index < -0.39 is 10.0 Å². The van der Waals surface area contributed by atoms with Gasteiger partial charge in [-0.2, -0.15) is 0 Å². The molecule has 29 heavy (non-hydrogen) atoms. The average Bonchev–Trinajstić information content (AvgIpc) is 2.72. The van der Waals surface area contributed by atoms with Crippen molar-refractivity contribution >= 4 is 15.9 Å². The predicted octanol–water partition coefficient (Wildman–Crippen LogP) is 3.54. The Labute approximate surface area is 172 Å². The van der Waals surface area contributed by atoms with Crippen LogP contribution in [-0.4, -0.2) is 27.5 Å². The first-order valence-corrected chi connectivity index (χ1v) is 11.4. The summed E-state index contributed by atoms with van der Waals surface area (Å²) in [5.74, 6) is 0.412. The highest BCUT2D eigenvalue weighted by Gasteiger charge is 2.23. The van der Waals surface area contributed by atoms with E-state index in [1.54, 1.807) is 26.2 Å². The van der Waals surface area contributed by atoms with Gasteiger partial charge in [0, 0.05) is 18.2 Å². The maximum absolute atomic E-state index is 12.8. The molecule has 3 rings (SSSR count).